The van der Waals surface area contributed by atoms with Gasteiger partial charge in [-0.2, -0.15) is 5.10 Å². The number of aromatic nitrogens is 3. The molecule has 2 rings (SSSR count). The topological polar surface area (TPSA) is 47.8 Å². The van der Waals surface area contributed by atoms with Gasteiger partial charge in [-0.15, -0.1) is 11.3 Å². The quantitative estimate of drug-likeness (QED) is 0.764. The monoisotopic (exact) mass is 235 g/mol. The largest absolute Gasteiger partial charge is 0.288 e. The van der Waals surface area contributed by atoms with Crippen LogP contribution in [0.25, 0.3) is 0 Å². The van der Waals surface area contributed by atoms with Gasteiger partial charge in [0.15, 0.2) is 0 Å². The van der Waals surface area contributed by atoms with Crippen molar-refractivity contribution in [3.63, 3.8) is 0 Å². The Labute approximate surface area is 97.9 Å². The first-order chi connectivity index (χ1) is 7.70. The van der Waals surface area contributed by atoms with E-state index in [1.54, 1.807) is 23.3 Å². The summed E-state index contributed by atoms with van der Waals surface area (Å²) in [5, 5.41) is 5.05. The van der Waals surface area contributed by atoms with Crippen molar-refractivity contribution in [2.45, 2.75) is 26.8 Å². The summed E-state index contributed by atoms with van der Waals surface area (Å²) in [6.07, 6.45) is 6.04. The number of aryl methyl sites for hydroxylation is 2. The Balaban J connectivity index is 2.20. The summed E-state index contributed by atoms with van der Waals surface area (Å²) in [5.41, 5.74) is 0.636. The highest BCUT2D eigenvalue weighted by molar-refractivity contribution is 7.13. The number of rotatable bonds is 4. The normalized spacial score (nSPS) is 10.6. The van der Waals surface area contributed by atoms with Crippen molar-refractivity contribution in [3.8, 4) is 0 Å². The van der Waals surface area contributed by atoms with Crippen molar-refractivity contribution < 1.29 is 4.79 Å². The van der Waals surface area contributed by atoms with Crippen molar-refractivity contribution in [2.75, 3.05) is 0 Å². The standard InChI is InChI=1S/C11H13N3OS/c1-3-4-14-7-9(5-13-14)11(15)10-6-12-8(2)16-10/h5-7H,3-4H2,1-2H3. The van der Waals surface area contributed by atoms with Gasteiger partial charge in [0, 0.05) is 18.9 Å². The lowest BCUT2D eigenvalue weighted by molar-refractivity contribution is 0.104. The zero-order valence-corrected chi connectivity index (χ0v) is 10.1. The van der Waals surface area contributed by atoms with Crippen LogP contribution >= 0.6 is 11.3 Å². The van der Waals surface area contributed by atoms with E-state index in [1.807, 2.05) is 6.92 Å². The molecule has 0 atom stereocenters. The van der Waals surface area contributed by atoms with Crippen LogP contribution in [-0.2, 0) is 6.54 Å². The third-order valence-electron chi connectivity index (χ3n) is 2.19. The Morgan fingerprint density at radius 3 is 2.94 bits per heavy atom. The first kappa shape index (κ1) is 11.0. The van der Waals surface area contributed by atoms with Crippen molar-refractivity contribution in [2.24, 2.45) is 0 Å². The molecule has 0 N–H and O–H groups in total. The molecule has 0 spiro atoms. The van der Waals surface area contributed by atoms with Gasteiger partial charge in [-0.3, -0.25) is 9.48 Å². The van der Waals surface area contributed by atoms with Crippen LogP contribution in [0.1, 0.15) is 33.6 Å². The molecule has 0 unspecified atom stereocenters. The maximum atomic E-state index is 12.0. The number of thiazole rings is 1. The first-order valence-electron chi connectivity index (χ1n) is 5.20. The Morgan fingerprint density at radius 2 is 2.31 bits per heavy atom. The number of ketones is 1. The second-order valence-corrected chi connectivity index (χ2v) is 4.80. The van der Waals surface area contributed by atoms with Gasteiger partial charge in [0.05, 0.1) is 21.6 Å². The van der Waals surface area contributed by atoms with E-state index in [0.717, 1.165) is 18.0 Å². The lowest BCUT2D eigenvalue weighted by atomic mass is 10.2. The van der Waals surface area contributed by atoms with Crippen LogP contribution < -0.4 is 0 Å². The summed E-state index contributed by atoms with van der Waals surface area (Å²) >= 11 is 1.42. The molecule has 0 aliphatic rings. The first-order valence-corrected chi connectivity index (χ1v) is 6.02. The summed E-state index contributed by atoms with van der Waals surface area (Å²) in [5.74, 6) is 0.00736. The van der Waals surface area contributed by atoms with E-state index >= 15 is 0 Å². The minimum Gasteiger partial charge on any atom is -0.288 e. The van der Waals surface area contributed by atoms with Gasteiger partial charge in [0.1, 0.15) is 0 Å². The minimum atomic E-state index is 0.00736. The molecule has 5 heteroatoms. The third-order valence-corrected chi connectivity index (χ3v) is 3.10. The van der Waals surface area contributed by atoms with E-state index < -0.39 is 0 Å². The molecule has 0 saturated heterocycles. The highest BCUT2D eigenvalue weighted by Crippen LogP contribution is 2.16. The molecule has 2 aromatic rings. The number of carbonyl (C=O) groups excluding carboxylic acids is 1. The molecule has 0 aliphatic heterocycles. The van der Waals surface area contributed by atoms with Gasteiger partial charge in [0.2, 0.25) is 5.78 Å². The average Bonchev–Trinajstić information content (AvgIpc) is 2.87. The maximum Gasteiger partial charge on any atom is 0.207 e. The van der Waals surface area contributed by atoms with Gasteiger partial charge in [0.25, 0.3) is 0 Å². The molecule has 0 bridgehead atoms. The molecule has 2 aromatic heterocycles. The van der Waals surface area contributed by atoms with Crippen LogP contribution in [0.4, 0.5) is 0 Å². The van der Waals surface area contributed by atoms with E-state index in [9.17, 15) is 4.79 Å². The van der Waals surface area contributed by atoms with Crippen molar-refractivity contribution >= 4 is 17.1 Å². The van der Waals surface area contributed by atoms with E-state index in [0.29, 0.717) is 10.4 Å². The fourth-order valence-electron chi connectivity index (χ4n) is 1.44. The Bertz CT molecular complexity index is 501. The van der Waals surface area contributed by atoms with Crippen LogP contribution in [0.2, 0.25) is 0 Å². The predicted molar refractivity (Wildman–Crippen MR) is 62.8 cm³/mol. The fourth-order valence-corrected chi connectivity index (χ4v) is 2.18. The lowest BCUT2D eigenvalue weighted by Crippen LogP contribution is -1.98. The van der Waals surface area contributed by atoms with Gasteiger partial charge >= 0.3 is 0 Å². The second-order valence-electron chi connectivity index (χ2n) is 3.56. The Kier molecular flexibility index (Phi) is 3.14. The van der Waals surface area contributed by atoms with Gasteiger partial charge in [-0.25, -0.2) is 4.98 Å². The molecule has 16 heavy (non-hydrogen) atoms. The molecule has 0 aliphatic carbocycles. The third kappa shape index (κ3) is 2.19. The predicted octanol–water partition coefficient (Wildman–Crippen LogP) is 2.29. The molecule has 0 aromatic carbocycles. The van der Waals surface area contributed by atoms with Crippen LogP contribution in [0.3, 0.4) is 0 Å². The molecule has 84 valence electrons. The molecule has 4 nitrogen and oxygen atoms in total. The van der Waals surface area contributed by atoms with E-state index in [2.05, 4.69) is 17.0 Å². The Morgan fingerprint density at radius 1 is 1.50 bits per heavy atom. The van der Waals surface area contributed by atoms with Crippen molar-refractivity contribution in [1.29, 1.82) is 0 Å². The number of hydrogen-bond donors (Lipinski definition) is 0. The van der Waals surface area contributed by atoms with Crippen molar-refractivity contribution in [1.82, 2.24) is 14.8 Å². The van der Waals surface area contributed by atoms with E-state index in [-0.39, 0.29) is 5.78 Å². The van der Waals surface area contributed by atoms with E-state index in [1.165, 1.54) is 11.3 Å². The van der Waals surface area contributed by atoms with Gasteiger partial charge in [-0.1, -0.05) is 6.92 Å². The average molecular weight is 235 g/mol. The second kappa shape index (κ2) is 4.57. The number of hydrogen-bond acceptors (Lipinski definition) is 4. The summed E-state index contributed by atoms with van der Waals surface area (Å²) in [6, 6.07) is 0. The van der Waals surface area contributed by atoms with E-state index in [4.69, 9.17) is 0 Å². The summed E-state index contributed by atoms with van der Waals surface area (Å²) < 4.78 is 1.79. The molecule has 2 heterocycles. The zero-order valence-electron chi connectivity index (χ0n) is 9.30. The number of carbonyl (C=O) groups is 1. The van der Waals surface area contributed by atoms with Crippen molar-refractivity contribution in [3.05, 3.63) is 34.0 Å². The molecule has 0 saturated carbocycles. The summed E-state index contributed by atoms with van der Waals surface area (Å²) in [6.45, 7) is 4.81. The SMILES string of the molecule is CCCn1cc(C(=O)c2cnc(C)s2)cn1. The summed E-state index contributed by atoms with van der Waals surface area (Å²) in [4.78, 5) is 16.7. The highest BCUT2D eigenvalue weighted by Gasteiger charge is 2.13. The lowest BCUT2D eigenvalue weighted by Gasteiger charge is -1.94. The summed E-state index contributed by atoms with van der Waals surface area (Å²) in [7, 11) is 0. The van der Waals surface area contributed by atoms with Crippen LogP contribution in [0.5, 0.6) is 0 Å². The minimum absolute atomic E-state index is 0.00736. The van der Waals surface area contributed by atoms with Gasteiger partial charge in [-0.05, 0) is 13.3 Å². The molecule has 0 fully saturated rings. The molecular formula is C11H13N3OS. The van der Waals surface area contributed by atoms with Crippen LogP contribution in [-0.4, -0.2) is 20.5 Å². The van der Waals surface area contributed by atoms with Crippen LogP contribution in [0, 0.1) is 6.92 Å². The highest BCUT2D eigenvalue weighted by atomic mass is 32.1. The zero-order chi connectivity index (χ0) is 11.5. The molecule has 0 amide bonds. The van der Waals surface area contributed by atoms with Gasteiger partial charge < -0.3 is 0 Å². The van der Waals surface area contributed by atoms with Crippen LogP contribution in [0.15, 0.2) is 18.6 Å². The molecular weight excluding hydrogens is 222 g/mol. The number of nitrogens with zero attached hydrogens (tertiary/aromatic N) is 3. The Hall–Kier alpha value is -1.49. The fraction of sp³-hybridized carbons (Fsp3) is 0.364. The molecule has 0 radical (unpaired) electrons. The smallest absolute Gasteiger partial charge is 0.207 e. The maximum absolute atomic E-state index is 12.0.